The van der Waals surface area contributed by atoms with E-state index in [0.717, 1.165) is 16.8 Å². The highest BCUT2D eigenvalue weighted by Crippen LogP contribution is 2.21. The minimum absolute atomic E-state index is 0.110. The van der Waals surface area contributed by atoms with Crippen LogP contribution in [0.15, 0.2) is 46.3 Å². The van der Waals surface area contributed by atoms with E-state index in [9.17, 15) is 4.79 Å². The molecule has 1 atom stereocenters. The van der Waals surface area contributed by atoms with Gasteiger partial charge >= 0.3 is 0 Å². The Labute approximate surface area is 138 Å². The number of hydrogen-bond donors (Lipinski definition) is 2. The molecule has 0 bridgehead atoms. The molecule has 21 heavy (non-hydrogen) atoms. The molecule has 1 amide bonds. The lowest BCUT2D eigenvalue weighted by molar-refractivity contribution is -0.885. The second-order valence-electron chi connectivity index (χ2n) is 5.10. The summed E-state index contributed by atoms with van der Waals surface area (Å²) in [6.07, 6.45) is 0.878. The molecule has 2 N–H and O–H groups in total. The summed E-state index contributed by atoms with van der Waals surface area (Å²) in [6, 6.07) is 14.4. The lowest BCUT2D eigenvalue weighted by Gasteiger charge is -2.12. The van der Waals surface area contributed by atoms with Gasteiger partial charge in [0, 0.05) is 6.54 Å². The number of halogens is 1. The molecule has 0 aliphatic heterocycles. The van der Waals surface area contributed by atoms with Gasteiger partial charge in [-0.2, -0.15) is 0 Å². The zero-order valence-electron chi connectivity index (χ0n) is 12.1. The average molecular weight is 368 g/mol. The summed E-state index contributed by atoms with van der Waals surface area (Å²) in [5.74, 6) is 0.110. The molecule has 2 aromatic rings. The van der Waals surface area contributed by atoms with Gasteiger partial charge in [0.15, 0.2) is 6.54 Å². The van der Waals surface area contributed by atoms with E-state index in [1.165, 1.54) is 15.3 Å². The predicted octanol–water partition coefficient (Wildman–Crippen LogP) is 1.88. The highest BCUT2D eigenvalue weighted by Gasteiger charge is 2.11. The highest BCUT2D eigenvalue weighted by atomic mass is 79.9. The van der Waals surface area contributed by atoms with Crippen LogP contribution in [-0.4, -0.2) is 26.0 Å². The third-order valence-electron chi connectivity index (χ3n) is 3.15. The van der Waals surface area contributed by atoms with E-state index in [2.05, 4.69) is 39.4 Å². The van der Waals surface area contributed by atoms with E-state index in [1.807, 2.05) is 31.3 Å². The summed E-state index contributed by atoms with van der Waals surface area (Å²) in [7, 11) is 2.05. The summed E-state index contributed by atoms with van der Waals surface area (Å²) < 4.78 is 1.14. The Kier molecular flexibility index (Phi) is 6.42. The Morgan fingerprint density at radius 3 is 2.67 bits per heavy atom. The normalized spacial score (nSPS) is 12.1. The van der Waals surface area contributed by atoms with Crippen molar-refractivity contribution in [3.8, 4) is 0 Å². The van der Waals surface area contributed by atoms with E-state index in [0.29, 0.717) is 13.1 Å². The number of likely N-dealkylation sites (N-methyl/N-ethyl adjacent to an activating group) is 1. The number of thiophene rings is 1. The number of nitrogens with one attached hydrogen (secondary N) is 2. The minimum atomic E-state index is 0.110. The van der Waals surface area contributed by atoms with Crippen molar-refractivity contribution in [2.45, 2.75) is 13.0 Å². The molecule has 5 heteroatoms. The van der Waals surface area contributed by atoms with Gasteiger partial charge in [0.05, 0.1) is 15.7 Å². The summed E-state index contributed by atoms with van der Waals surface area (Å²) in [4.78, 5) is 14.4. The molecule has 1 aromatic carbocycles. The lowest BCUT2D eigenvalue weighted by Crippen LogP contribution is -3.08. The fourth-order valence-electron chi connectivity index (χ4n) is 2.13. The Balaban J connectivity index is 1.67. The van der Waals surface area contributed by atoms with Gasteiger partial charge in [-0.3, -0.25) is 4.79 Å². The quantitative estimate of drug-likeness (QED) is 0.769. The molecule has 0 fully saturated rings. The second kappa shape index (κ2) is 8.32. The summed E-state index contributed by atoms with van der Waals surface area (Å²) >= 11 is 5.18. The van der Waals surface area contributed by atoms with E-state index < -0.39 is 0 Å². The third-order valence-corrected chi connectivity index (χ3v) is 4.77. The first-order valence-corrected chi connectivity index (χ1v) is 8.60. The van der Waals surface area contributed by atoms with Gasteiger partial charge in [-0.1, -0.05) is 30.3 Å². The molecule has 0 aliphatic carbocycles. The number of rotatable bonds is 7. The molecule has 0 saturated heterocycles. The minimum Gasteiger partial charge on any atom is -0.351 e. The maximum absolute atomic E-state index is 11.9. The average Bonchev–Trinajstić information content (AvgIpc) is 2.85. The fraction of sp³-hybridized carbons (Fsp3) is 0.312. The van der Waals surface area contributed by atoms with Gasteiger partial charge in [0.1, 0.15) is 6.54 Å². The van der Waals surface area contributed by atoms with Gasteiger partial charge in [-0.05, 0) is 40.0 Å². The topological polar surface area (TPSA) is 33.5 Å². The van der Waals surface area contributed by atoms with Crippen LogP contribution in [-0.2, 0) is 17.8 Å². The molecule has 0 aliphatic rings. The Bertz CT molecular complexity index is 571. The van der Waals surface area contributed by atoms with Crippen LogP contribution in [0.5, 0.6) is 0 Å². The third kappa shape index (κ3) is 5.99. The Hall–Kier alpha value is -1.17. The summed E-state index contributed by atoms with van der Waals surface area (Å²) in [6.45, 7) is 2.08. The van der Waals surface area contributed by atoms with E-state index in [-0.39, 0.29) is 5.91 Å². The molecule has 1 unspecified atom stereocenters. The second-order valence-corrected chi connectivity index (χ2v) is 7.65. The molecule has 2 rings (SSSR count). The number of hydrogen-bond acceptors (Lipinski definition) is 2. The molecule has 1 heterocycles. The Morgan fingerprint density at radius 2 is 2.00 bits per heavy atom. The van der Waals surface area contributed by atoms with E-state index in [1.54, 1.807) is 11.3 Å². The molecule has 0 radical (unpaired) electrons. The van der Waals surface area contributed by atoms with Crippen LogP contribution in [0, 0.1) is 0 Å². The molecular weight excluding hydrogens is 348 g/mol. The van der Waals surface area contributed by atoms with Gasteiger partial charge in [0.25, 0.3) is 5.91 Å². The van der Waals surface area contributed by atoms with Crippen LogP contribution < -0.4 is 10.2 Å². The maximum atomic E-state index is 11.9. The number of carbonyl (C=O) groups is 1. The fourth-order valence-corrected chi connectivity index (χ4v) is 3.73. The van der Waals surface area contributed by atoms with Crippen molar-refractivity contribution in [2.24, 2.45) is 0 Å². The number of benzene rings is 1. The molecular formula is C16H20BrN2OS+. The van der Waals surface area contributed by atoms with Crippen molar-refractivity contribution >= 4 is 33.2 Å². The molecule has 0 spiro atoms. The number of amides is 1. The van der Waals surface area contributed by atoms with Crippen LogP contribution in [0.4, 0.5) is 0 Å². The van der Waals surface area contributed by atoms with Crippen molar-refractivity contribution in [1.29, 1.82) is 0 Å². The van der Waals surface area contributed by atoms with Crippen molar-refractivity contribution in [1.82, 2.24) is 5.32 Å². The number of carbonyl (C=O) groups excluding carboxylic acids is 1. The van der Waals surface area contributed by atoms with Crippen molar-refractivity contribution in [3.63, 3.8) is 0 Å². The smallest absolute Gasteiger partial charge is 0.275 e. The molecule has 3 nitrogen and oxygen atoms in total. The summed E-state index contributed by atoms with van der Waals surface area (Å²) in [5.41, 5.74) is 1.25. The SMILES string of the molecule is C[NH+](CC(=O)NCCc1ccccc1)Cc1ccc(Br)s1. The van der Waals surface area contributed by atoms with Crippen molar-refractivity contribution in [2.75, 3.05) is 20.1 Å². The predicted molar refractivity (Wildman–Crippen MR) is 90.6 cm³/mol. The van der Waals surface area contributed by atoms with Crippen LogP contribution in [0.25, 0.3) is 0 Å². The first-order chi connectivity index (χ1) is 10.1. The maximum Gasteiger partial charge on any atom is 0.275 e. The Morgan fingerprint density at radius 1 is 1.24 bits per heavy atom. The summed E-state index contributed by atoms with van der Waals surface area (Å²) in [5, 5.41) is 2.99. The van der Waals surface area contributed by atoms with Gasteiger partial charge in [0.2, 0.25) is 0 Å². The van der Waals surface area contributed by atoms with Gasteiger partial charge in [-0.15, -0.1) is 11.3 Å². The van der Waals surface area contributed by atoms with E-state index in [4.69, 9.17) is 0 Å². The molecule has 112 valence electrons. The van der Waals surface area contributed by atoms with Gasteiger partial charge < -0.3 is 10.2 Å². The van der Waals surface area contributed by atoms with Crippen LogP contribution in [0.2, 0.25) is 0 Å². The highest BCUT2D eigenvalue weighted by molar-refractivity contribution is 9.11. The standard InChI is InChI=1S/C16H19BrN2OS/c1-19(11-14-7-8-15(17)21-14)12-16(20)18-10-9-13-5-3-2-4-6-13/h2-8H,9-12H2,1H3,(H,18,20)/p+1. The first kappa shape index (κ1) is 16.2. The largest absolute Gasteiger partial charge is 0.351 e. The van der Waals surface area contributed by atoms with Crippen LogP contribution in [0.1, 0.15) is 10.4 Å². The lowest BCUT2D eigenvalue weighted by atomic mass is 10.1. The number of quaternary nitrogens is 1. The van der Waals surface area contributed by atoms with Crippen LogP contribution >= 0.6 is 27.3 Å². The first-order valence-electron chi connectivity index (χ1n) is 6.99. The van der Waals surface area contributed by atoms with Gasteiger partial charge in [-0.25, -0.2) is 0 Å². The zero-order valence-corrected chi connectivity index (χ0v) is 14.5. The zero-order chi connectivity index (χ0) is 15.1. The molecule has 1 aromatic heterocycles. The van der Waals surface area contributed by atoms with Crippen molar-refractivity contribution in [3.05, 3.63) is 56.7 Å². The van der Waals surface area contributed by atoms with Crippen molar-refractivity contribution < 1.29 is 9.69 Å². The van der Waals surface area contributed by atoms with Crippen LogP contribution in [0.3, 0.4) is 0 Å². The monoisotopic (exact) mass is 367 g/mol. The van der Waals surface area contributed by atoms with E-state index >= 15 is 0 Å². The molecule has 0 saturated carbocycles.